The summed E-state index contributed by atoms with van der Waals surface area (Å²) in [6.07, 6.45) is -1.65. The maximum absolute atomic E-state index is 13.7. The van der Waals surface area contributed by atoms with Gasteiger partial charge in [-0.05, 0) is 18.2 Å². The fraction of sp³-hybridized carbons (Fsp3) is 0.412. The van der Waals surface area contributed by atoms with Gasteiger partial charge in [-0.25, -0.2) is 9.18 Å². The number of nitrogens with zero attached hydrogens (tertiary/aromatic N) is 3. The number of carbonyl (C=O) groups is 1. The Morgan fingerprint density at radius 3 is 2.64 bits per heavy atom. The standard InChI is InChI=1S/C17H19F4N5O2/c18-14-2-1-12(17(19,20)21)9-15(14)24-16(27)23-13-10-22-26(11-13)4-3-25-5-7-28-8-6-25/h1-2,9-11H,3-8H2,(H2,23,24,27). The zero-order valence-electron chi connectivity index (χ0n) is 14.8. The molecule has 0 radical (unpaired) electrons. The molecule has 0 unspecified atom stereocenters. The summed E-state index contributed by atoms with van der Waals surface area (Å²) in [6.45, 7) is 4.45. The first-order valence-corrected chi connectivity index (χ1v) is 8.58. The average Bonchev–Trinajstić information content (AvgIpc) is 3.09. The zero-order valence-corrected chi connectivity index (χ0v) is 14.8. The number of anilines is 2. The molecule has 1 saturated heterocycles. The van der Waals surface area contributed by atoms with Crippen molar-refractivity contribution in [1.29, 1.82) is 0 Å². The Hall–Kier alpha value is -2.66. The van der Waals surface area contributed by atoms with Crippen molar-refractivity contribution < 1.29 is 27.1 Å². The van der Waals surface area contributed by atoms with E-state index in [1.165, 1.54) is 6.20 Å². The molecule has 2 N–H and O–H groups in total. The fourth-order valence-electron chi connectivity index (χ4n) is 2.70. The van der Waals surface area contributed by atoms with Gasteiger partial charge >= 0.3 is 12.2 Å². The first-order valence-electron chi connectivity index (χ1n) is 8.58. The fourth-order valence-corrected chi connectivity index (χ4v) is 2.70. The van der Waals surface area contributed by atoms with Crippen LogP contribution in [-0.4, -0.2) is 53.6 Å². The van der Waals surface area contributed by atoms with Crippen LogP contribution in [0.3, 0.4) is 0 Å². The Labute approximate surface area is 158 Å². The van der Waals surface area contributed by atoms with E-state index in [0.29, 0.717) is 43.6 Å². The van der Waals surface area contributed by atoms with Crippen LogP contribution in [0.4, 0.5) is 33.7 Å². The van der Waals surface area contributed by atoms with Crippen molar-refractivity contribution in [3.63, 3.8) is 0 Å². The van der Waals surface area contributed by atoms with Gasteiger partial charge in [0, 0.05) is 25.8 Å². The number of halogens is 4. The Bertz CT molecular complexity index is 818. The molecule has 0 bridgehead atoms. The molecule has 1 aliphatic heterocycles. The lowest BCUT2D eigenvalue weighted by Gasteiger charge is -2.26. The van der Waals surface area contributed by atoms with Crippen LogP contribution < -0.4 is 10.6 Å². The molecule has 1 fully saturated rings. The number of hydrogen-bond acceptors (Lipinski definition) is 4. The second-order valence-electron chi connectivity index (χ2n) is 6.22. The molecule has 1 aromatic heterocycles. The lowest BCUT2D eigenvalue weighted by atomic mass is 10.2. The van der Waals surface area contributed by atoms with E-state index in [-0.39, 0.29) is 0 Å². The first-order chi connectivity index (χ1) is 13.3. The van der Waals surface area contributed by atoms with Gasteiger partial charge in [0.2, 0.25) is 0 Å². The van der Waals surface area contributed by atoms with E-state index in [1.807, 2.05) is 0 Å². The number of aromatic nitrogens is 2. The number of hydrogen-bond donors (Lipinski definition) is 2. The number of ether oxygens (including phenoxy) is 1. The van der Waals surface area contributed by atoms with Crippen LogP contribution in [0.2, 0.25) is 0 Å². The highest BCUT2D eigenvalue weighted by atomic mass is 19.4. The van der Waals surface area contributed by atoms with Gasteiger partial charge < -0.3 is 15.4 Å². The summed E-state index contributed by atoms with van der Waals surface area (Å²) in [5, 5.41) is 8.62. The SMILES string of the molecule is O=C(Nc1cnn(CCN2CCOCC2)c1)Nc1cc(C(F)(F)F)ccc1F. The maximum atomic E-state index is 13.7. The summed E-state index contributed by atoms with van der Waals surface area (Å²) in [6, 6.07) is 0.936. The second-order valence-corrected chi connectivity index (χ2v) is 6.22. The minimum atomic E-state index is -4.64. The van der Waals surface area contributed by atoms with Crippen LogP contribution in [0.15, 0.2) is 30.6 Å². The number of benzene rings is 1. The van der Waals surface area contributed by atoms with E-state index in [1.54, 1.807) is 10.9 Å². The van der Waals surface area contributed by atoms with E-state index in [0.717, 1.165) is 19.6 Å². The van der Waals surface area contributed by atoms with Gasteiger partial charge in [0.1, 0.15) is 5.82 Å². The lowest BCUT2D eigenvalue weighted by molar-refractivity contribution is -0.137. The minimum absolute atomic E-state index is 0.340. The first kappa shape index (κ1) is 20.1. The third-order valence-corrected chi connectivity index (χ3v) is 4.18. The summed E-state index contributed by atoms with van der Waals surface area (Å²) < 4.78 is 58.8. The van der Waals surface area contributed by atoms with Crippen molar-refractivity contribution in [2.75, 3.05) is 43.5 Å². The van der Waals surface area contributed by atoms with E-state index in [2.05, 4.69) is 20.6 Å². The number of morpholine rings is 1. The molecule has 7 nitrogen and oxygen atoms in total. The van der Waals surface area contributed by atoms with Gasteiger partial charge in [-0.2, -0.15) is 18.3 Å². The largest absolute Gasteiger partial charge is 0.416 e. The molecule has 0 atom stereocenters. The second kappa shape index (κ2) is 8.57. The van der Waals surface area contributed by atoms with E-state index < -0.39 is 29.3 Å². The monoisotopic (exact) mass is 401 g/mol. The van der Waals surface area contributed by atoms with E-state index in [9.17, 15) is 22.4 Å². The van der Waals surface area contributed by atoms with Gasteiger partial charge in [-0.3, -0.25) is 9.58 Å². The van der Waals surface area contributed by atoms with Crippen LogP contribution in [0.1, 0.15) is 5.56 Å². The molecule has 0 spiro atoms. The summed E-state index contributed by atoms with van der Waals surface area (Å²) in [5.41, 5.74) is -1.28. The van der Waals surface area contributed by atoms with Crippen molar-refractivity contribution in [2.45, 2.75) is 12.7 Å². The highest BCUT2D eigenvalue weighted by Crippen LogP contribution is 2.31. The topological polar surface area (TPSA) is 71.4 Å². The molecule has 1 aromatic carbocycles. The quantitative estimate of drug-likeness (QED) is 0.756. The van der Waals surface area contributed by atoms with Gasteiger partial charge in [0.05, 0.1) is 42.9 Å². The highest BCUT2D eigenvalue weighted by Gasteiger charge is 2.31. The molecule has 2 heterocycles. The van der Waals surface area contributed by atoms with E-state index in [4.69, 9.17) is 4.74 Å². The van der Waals surface area contributed by atoms with Crippen molar-refractivity contribution in [3.05, 3.63) is 42.0 Å². The van der Waals surface area contributed by atoms with Crippen molar-refractivity contribution in [3.8, 4) is 0 Å². The van der Waals surface area contributed by atoms with Crippen LogP contribution in [0, 0.1) is 5.82 Å². The molecule has 1 aliphatic rings. The minimum Gasteiger partial charge on any atom is -0.379 e. The van der Waals surface area contributed by atoms with Crippen LogP contribution in [0.25, 0.3) is 0 Å². The third kappa shape index (κ3) is 5.42. The van der Waals surface area contributed by atoms with Crippen molar-refractivity contribution >= 4 is 17.4 Å². The summed E-state index contributed by atoms with van der Waals surface area (Å²) in [5.74, 6) is -0.968. The third-order valence-electron chi connectivity index (χ3n) is 4.18. The molecule has 3 rings (SSSR count). The Kier molecular flexibility index (Phi) is 6.15. The predicted molar refractivity (Wildman–Crippen MR) is 93.5 cm³/mol. The summed E-state index contributed by atoms with van der Waals surface area (Å²) >= 11 is 0. The van der Waals surface area contributed by atoms with Crippen LogP contribution in [0.5, 0.6) is 0 Å². The Morgan fingerprint density at radius 2 is 1.93 bits per heavy atom. The number of carbonyl (C=O) groups excluding carboxylic acids is 1. The smallest absolute Gasteiger partial charge is 0.379 e. The number of rotatable bonds is 5. The number of nitrogens with one attached hydrogen (secondary N) is 2. The molecule has 28 heavy (non-hydrogen) atoms. The van der Waals surface area contributed by atoms with Crippen molar-refractivity contribution in [2.24, 2.45) is 0 Å². The average molecular weight is 401 g/mol. The predicted octanol–water partition coefficient (Wildman–Crippen LogP) is 3.02. The number of amides is 2. The van der Waals surface area contributed by atoms with Gasteiger partial charge in [0.15, 0.2) is 0 Å². The molecule has 2 amide bonds. The van der Waals surface area contributed by atoms with Gasteiger partial charge in [-0.1, -0.05) is 0 Å². The van der Waals surface area contributed by atoms with Gasteiger partial charge in [-0.15, -0.1) is 0 Å². The Morgan fingerprint density at radius 1 is 1.18 bits per heavy atom. The van der Waals surface area contributed by atoms with Gasteiger partial charge in [0.25, 0.3) is 0 Å². The lowest BCUT2D eigenvalue weighted by Crippen LogP contribution is -2.38. The maximum Gasteiger partial charge on any atom is 0.416 e. The number of urea groups is 1. The molecular formula is C17H19F4N5O2. The zero-order chi connectivity index (χ0) is 20.1. The molecule has 0 aliphatic carbocycles. The molecule has 152 valence electrons. The van der Waals surface area contributed by atoms with Crippen molar-refractivity contribution in [1.82, 2.24) is 14.7 Å². The molecule has 0 saturated carbocycles. The Balaban J connectivity index is 1.54. The molecular weight excluding hydrogens is 382 g/mol. The summed E-state index contributed by atoms with van der Waals surface area (Å²) in [7, 11) is 0. The van der Waals surface area contributed by atoms with Crippen LogP contribution in [-0.2, 0) is 17.5 Å². The number of alkyl halides is 3. The molecule has 2 aromatic rings. The summed E-state index contributed by atoms with van der Waals surface area (Å²) in [4.78, 5) is 14.2. The highest BCUT2D eigenvalue weighted by molar-refractivity contribution is 5.99. The normalized spacial score (nSPS) is 15.4. The molecule has 11 heteroatoms. The van der Waals surface area contributed by atoms with Crippen LogP contribution >= 0.6 is 0 Å². The van der Waals surface area contributed by atoms with E-state index >= 15 is 0 Å².